The van der Waals surface area contributed by atoms with Crippen LogP contribution < -0.4 is 4.72 Å². The fraction of sp³-hybridized carbons (Fsp3) is 0.538. The van der Waals surface area contributed by atoms with Crippen LogP contribution in [0.3, 0.4) is 0 Å². The zero-order valence-corrected chi connectivity index (χ0v) is 13.2. The fourth-order valence-corrected chi connectivity index (χ4v) is 3.37. The van der Waals surface area contributed by atoms with E-state index in [2.05, 4.69) is 4.72 Å². The van der Waals surface area contributed by atoms with Gasteiger partial charge in [0.25, 0.3) is 0 Å². The quantitative estimate of drug-likeness (QED) is 0.632. The molecule has 8 heteroatoms. The zero-order valence-electron chi connectivity index (χ0n) is 11.7. The molecule has 1 unspecified atom stereocenters. The van der Waals surface area contributed by atoms with Gasteiger partial charge in [0, 0.05) is 11.9 Å². The molecule has 0 aliphatic heterocycles. The molecule has 0 radical (unpaired) electrons. The van der Waals surface area contributed by atoms with Crippen LogP contribution in [0, 0.1) is 6.92 Å². The average Bonchev–Trinajstić information content (AvgIpc) is 2.33. The summed E-state index contributed by atoms with van der Waals surface area (Å²) in [7, 11) is -3.96. The van der Waals surface area contributed by atoms with E-state index in [4.69, 9.17) is 11.6 Å². The topological polar surface area (TPSA) is 46.2 Å². The summed E-state index contributed by atoms with van der Waals surface area (Å²) in [6.07, 6.45) is -3.45. The van der Waals surface area contributed by atoms with Gasteiger partial charge < -0.3 is 0 Å². The van der Waals surface area contributed by atoms with Gasteiger partial charge >= 0.3 is 6.18 Å². The molecule has 3 nitrogen and oxygen atoms in total. The van der Waals surface area contributed by atoms with Crippen molar-refractivity contribution in [2.24, 2.45) is 0 Å². The molecule has 0 fully saturated rings. The second kappa shape index (κ2) is 6.98. The summed E-state index contributed by atoms with van der Waals surface area (Å²) in [5, 5.41) is -0.0789. The Morgan fingerprint density at radius 2 is 1.95 bits per heavy atom. The Hall–Kier alpha value is -0.790. The maximum absolute atomic E-state index is 12.8. The lowest BCUT2D eigenvalue weighted by molar-refractivity contribution is -0.138. The Morgan fingerprint density at radius 1 is 1.33 bits per heavy atom. The lowest BCUT2D eigenvalue weighted by atomic mass is 10.1. The van der Waals surface area contributed by atoms with Crippen molar-refractivity contribution >= 4 is 21.6 Å². The first kappa shape index (κ1) is 18.3. The summed E-state index contributed by atoms with van der Waals surface area (Å²) in [6.45, 7) is 3.07. The van der Waals surface area contributed by atoms with Gasteiger partial charge in [-0.15, -0.1) is 11.6 Å². The van der Waals surface area contributed by atoms with Crippen LogP contribution in [0.1, 0.15) is 30.9 Å². The van der Waals surface area contributed by atoms with Gasteiger partial charge in [-0.2, -0.15) is 13.2 Å². The van der Waals surface area contributed by atoms with Crippen molar-refractivity contribution in [2.75, 3.05) is 6.54 Å². The van der Waals surface area contributed by atoms with Crippen molar-refractivity contribution in [3.63, 3.8) is 0 Å². The highest BCUT2D eigenvalue weighted by molar-refractivity contribution is 7.89. The van der Waals surface area contributed by atoms with E-state index in [1.807, 2.05) is 0 Å². The molecule has 0 heterocycles. The van der Waals surface area contributed by atoms with Crippen LogP contribution in [0.5, 0.6) is 0 Å². The number of halogens is 4. The number of nitrogens with one attached hydrogen (secondary N) is 1. The van der Waals surface area contributed by atoms with Gasteiger partial charge in [-0.1, -0.05) is 6.07 Å². The minimum atomic E-state index is -4.58. The first-order chi connectivity index (χ1) is 9.55. The molecule has 1 aromatic carbocycles. The molecule has 0 saturated heterocycles. The molecule has 120 valence electrons. The van der Waals surface area contributed by atoms with E-state index in [0.717, 1.165) is 25.1 Å². The Labute approximate surface area is 127 Å². The highest BCUT2D eigenvalue weighted by atomic mass is 35.5. The average molecular weight is 344 g/mol. The molecule has 1 aromatic rings. The van der Waals surface area contributed by atoms with Gasteiger partial charge in [0.2, 0.25) is 10.0 Å². The Morgan fingerprint density at radius 3 is 2.48 bits per heavy atom. The minimum Gasteiger partial charge on any atom is -0.211 e. The molecule has 1 atom stereocenters. The lowest BCUT2D eigenvalue weighted by Gasteiger charge is -2.14. The van der Waals surface area contributed by atoms with E-state index < -0.39 is 21.8 Å². The molecule has 0 saturated carbocycles. The summed E-state index contributed by atoms with van der Waals surface area (Å²) in [6, 6.07) is 3.12. The highest BCUT2D eigenvalue weighted by Crippen LogP contribution is 2.34. The molecule has 1 N–H and O–H groups in total. The van der Waals surface area contributed by atoms with Crippen LogP contribution in [0.4, 0.5) is 13.2 Å². The molecule has 21 heavy (non-hydrogen) atoms. The summed E-state index contributed by atoms with van der Waals surface area (Å²) < 4.78 is 64.8. The van der Waals surface area contributed by atoms with E-state index in [9.17, 15) is 21.6 Å². The molecule has 0 amide bonds. The van der Waals surface area contributed by atoms with Gasteiger partial charge in [0.1, 0.15) is 0 Å². The second-order valence-corrected chi connectivity index (χ2v) is 7.23. The van der Waals surface area contributed by atoms with Crippen LogP contribution in [0.15, 0.2) is 23.1 Å². The fourth-order valence-electron chi connectivity index (χ4n) is 1.88. The van der Waals surface area contributed by atoms with Crippen molar-refractivity contribution in [3.8, 4) is 0 Å². The number of rotatable bonds is 6. The van der Waals surface area contributed by atoms with Gasteiger partial charge in [-0.05, 0) is 44.4 Å². The second-order valence-electron chi connectivity index (χ2n) is 4.75. The standard InChI is InChI=1S/C13H17ClF3NO2S/c1-9(14)5-4-8-18-21(19,20)12-7-3-6-11(10(12)2)13(15,16)17/h3,6-7,9,18H,4-5,8H2,1-2H3. The van der Waals surface area contributed by atoms with Crippen molar-refractivity contribution in [2.45, 2.75) is 43.1 Å². The molecule has 1 rings (SSSR count). The first-order valence-corrected chi connectivity index (χ1v) is 8.28. The predicted molar refractivity (Wildman–Crippen MR) is 75.9 cm³/mol. The SMILES string of the molecule is Cc1c(C(F)(F)F)cccc1S(=O)(=O)NCCCC(C)Cl. The smallest absolute Gasteiger partial charge is 0.211 e. The molecule has 0 aromatic heterocycles. The normalized spacial score (nSPS) is 14.2. The van der Waals surface area contributed by atoms with E-state index in [1.54, 1.807) is 6.92 Å². The van der Waals surface area contributed by atoms with E-state index in [-0.39, 0.29) is 22.4 Å². The molecule has 0 aliphatic carbocycles. The largest absolute Gasteiger partial charge is 0.416 e. The van der Waals surface area contributed by atoms with Crippen molar-refractivity contribution in [3.05, 3.63) is 29.3 Å². The number of sulfonamides is 1. The predicted octanol–water partition coefficient (Wildman–Crippen LogP) is 3.70. The third-order valence-corrected chi connectivity index (χ3v) is 4.77. The third-order valence-electron chi connectivity index (χ3n) is 2.95. The van der Waals surface area contributed by atoms with Crippen LogP contribution in [0.2, 0.25) is 0 Å². The summed E-state index contributed by atoms with van der Waals surface area (Å²) in [4.78, 5) is -0.351. The van der Waals surface area contributed by atoms with Crippen LogP contribution in [-0.4, -0.2) is 20.3 Å². The Balaban J connectivity index is 2.94. The molecule has 0 spiro atoms. The van der Waals surface area contributed by atoms with Gasteiger partial charge in [0.15, 0.2) is 0 Å². The van der Waals surface area contributed by atoms with E-state index in [0.29, 0.717) is 12.8 Å². The maximum atomic E-state index is 12.8. The van der Waals surface area contributed by atoms with Crippen molar-refractivity contribution in [1.29, 1.82) is 0 Å². The van der Waals surface area contributed by atoms with E-state index in [1.165, 1.54) is 0 Å². The number of benzene rings is 1. The van der Waals surface area contributed by atoms with Crippen LogP contribution >= 0.6 is 11.6 Å². The van der Waals surface area contributed by atoms with Crippen LogP contribution in [0.25, 0.3) is 0 Å². The number of hydrogen-bond acceptors (Lipinski definition) is 2. The lowest BCUT2D eigenvalue weighted by Crippen LogP contribution is -2.26. The summed E-state index contributed by atoms with van der Waals surface area (Å²) in [5.74, 6) is 0. The monoisotopic (exact) mass is 343 g/mol. The zero-order chi connectivity index (χ0) is 16.3. The van der Waals surface area contributed by atoms with Crippen LogP contribution in [-0.2, 0) is 16.2 Å². The summed E-state index contributed by atoms with van der Waals surface area (Å²) >= 11 is 5.74. The first-order valence-electron chi connectivity index (χ1n) is 6.36. The Bertz CT molecular complexity index is 586. The number of hydrogen-bond donors (Lipinski definition) is 1. The Kier molecular flexibility index (Phi) is 6.07. The minimum absolute atomic E-state index is 0.0789. The summed E-state index contributed by atoms with van der Waals surface area (Å²) in [5.41, 5.74) is -1.25. The number of alkyl halides is 4. The molecular weight excluding hydrogens is 327 g/mol. The van der Waals surface area contributed by atoms with Crippen molar-refractivity contribution in [1.82, 2.24) is 4.72 Å². The highest BCUT2D eigenvalue weighted by Gasteiger charge is 2.34. The molecular formula is C13H17ClF3NO2S. The maximum Gasteiger partial charge on any atom is 0.416 e. The van der Waals surface area contributed by atoms with Gasteiger partial charge in [-0.25, -0.2) is 13.1 Å². The third kappa shape index (κ3) is 5.16. The van der Waals surface area contributed by atoms with Gasteiger partial charge in [0.05, 0.1) is 10.5 Å². The van der Waals surface area contributed by atoms with Crippen molar-refractivity contribution < 1.29 is 21.6 Å². The molecule has 0 bridgehead atoms. The van der Waals surface area contributed by atoms with Gasteiger partial charge in [-0.3, -0.25) is 0 Å². The van der Waals surface area contributed by atoms with E-state index >= 15 is 0 Å². The molecule has 0 aliphatic rings.